The predicted molar refractivity (Wildman–Crippen MR) is 36.5 cm³/mol. The minimum absolute atomic E-state index is 0.412. The summed E-state index contributed by atoms with van der Waals surface area (Å²) in [7, 11) is 6.03. The van der Waals surface area contributed by atoms with Crippen molar-refractivity contribution in [1.82, 2.24) is 10.2 Å². The van der Waals surface area contributed by atoms with E-state index in [1.54, 1.807) is 0 Å². The van der Waals surface area contributed by atoms with Crippen LogP contribution in [0.1, 0.15) is 6.92 Å². The zero-order valence-corrected chi connectivity index (χ0v) is 6.10. The van der Waals surface area contributed by atoms with Gasteiger partial charge in [-0.25, -0.2) is 0 Å². The Morgan fingerprint density at radius 2 is 2.00 bits per heavy atom. The largest absolute Gasteiger partial charge is 0.333 e. The average molecular weight is 115 g/mol. The van der Waals surface area contributed by atoms with Gasteiger partial charge in [0.2, 0.25) is 0 Å². The van der Waals surface area contributed by atoms with Crippen molar-refractivity contribution in [2.45, 2.75) is 13.1 Å². The maximum Gasteiger partial charge on any atom is -0.0149 e. The van der Waals surface area contributed by atoms with E-state index in [1.807, 2.05) is 28.1 Å². The van der Waals surface area contributed by atoms with Gasteiger partial charge in [-0.15, -0.1) is 0 Å². The number of hydrogen-bond acceptors (Lipinski definition) is 2. The van der Waals surface area contributed by atoms with Crippen molar-refractivity contribution in [3.8, 4) is 0 Å². The smallest absolute Gasteiger partial charge is 0.0149 e. The molecule has 0 amide bonds. The van der Waals surface area contributed by atoms with Crippen LogP contribution in [0.2, 0.25) is 0 Å². The summed E-state index contributed by atoms with van der Waals surface area (Å²) in [5.41, 5.74) is 0. The summed E-state index contributed by atoms with van der Waals surface area (Å²) < 4.78 is 0. The molecule has 0 fully saturated rings. The SMILES string of the molecule is C[CH-]C(NC)N(C)C. The minimum atomic E-state index is 0.412. The average Bonchev–Trinajstić information content (AvgIpc) is 1.69. The highest BCUT2D eigenvalue weighted by Gasteiger charge is 1.92. The second kappa shape index (κ2) is 3.87. The molecule has 8 heavy (non-hydrogen) atoms. The van der Waals surface area contributed by atoms with Crippen LogP contribution in [0.5, 0.6) is 0 Å². The van der Waals surface area contributed by atoms with E-state index in [2.05, 4.69) is 16.6 Å². The molecule has 2 nitrogen and oxygen atoms in total. The van der Waals surface area contributed by atoms with E-state index >= 15 is 0 Å². The third-order valence-corrected chi connectivity index (χ3v) is 1.17. The maximum absolute atomic E-state index is 3.12. The lowest BCUT2D eigenvalue weighted by atomic mass is 10.3. The summed E-state index contributed by atoms with van der Waals surface area (Å²) in [6, 6.07) is 0. The molecular weight excluding hydrogens is 100 g/mol. The zero-order chi connectivity index (χ0) is 6.57. The number of nitrogens with one attached hydrogen (secondary N) is 1. The van der Waals surface area contributed by atoms with Crippen LogP contribution in [-0.2, 0) is 0 Å². The highest BCUT2D eigenvalue weighted by molar-refractivity contribution is 4.73. The zero-order valence-electron chi connectivity index (χ0n) is 6.10. The lowest BCUT2D eigenvalue weighted by Gasteiger charge is -2.29. The first-order valence-electron chi connectivity index (χ1n) is 2.85. The fourth-order valence-corrected chi connectivity index (χ4v) is 0.723. The second-order valence-corrected chi connectivity index (χ2v) is 2.03. The molecule has 0 aromatic heterocycles. The summed E-state index contributed by atoms with van der Waals surface area (Å²) in [6.07, 6.45) is 2.52. The van der Waals surface area contributed by atoms with Crippen molar-refractivity contribution < 1.29 is 0 Å². The Kier molecular flexibility index (Phi) is 3.83. The normalized spacial score (nSPS) is 14.6. The molecule has 50 valence electrons. The van der Waals surface area contributed by atoms with E-state index in [-0.39, 0.29) is 0 Å². The van der Waals surface area contributed by atoms with Gasteiger partial charge in [-0.05, 0) is 21.1 Å². The van der Waals surface area contributed by atoms with Crippen molar-refractivity contribution >= 4 is 0 Å². The molecule has 1 unspecified atom stereocenters. The lowest BCUT2D eigenvalue weighted by Crippen LogP contribution is -2.38. The Labute approximate surface area is 51.9 Å². The lowest BCUT2D eigenvalue weighted by molar-refractivity contribution is 0.293. The standard InChI is InChI=1S/C6H15N2/c1-5-6(7-2)8(3)4/h5-7H,1-4H3/q-1. The van der Waals surface area contributed by atoms with Gasteiger partial charge in [0.05, 0.1) is 0 Å². The van der Waals surface area contributed by atoms with Crippen molar-refractivity contribution in [1.29, 1.82) is 0 Å². The highest BCUT2D eigenvalue weighted by atomic mass is 15.2. The molecule has 0 saturated carbocycles. The fourth-order valence-electron chi connectivity index (χ4n) is 0.723. The monoisotopic (exact) mass is 115 g/mol. The molecular formula is C6H15N2-. The summed E-state index contributed by atoms with van der Waals surface area (Å²) >= 11 is 0. The Morgan fingerprint density at radius 1 is 1.50 bits per heavy atom. The van der Waals surface area contributed by atoms with Crippen LogP contribution in [0.15, 0.2) is 0 Å². The number of nitrogens with zero attached hydrogens (tertiary/aromatic N) is 1. The topological polar surface area (TPSA) is 15.3 Å². The summed E-state index contributed by atoms with van der Waals surface area (Å²) in [5.74, 6) is 0. The Morgan fingerprint density at radius 3 is 2.00 bits per heavy atom. The molecule has 0 aromatic rings. The van der Waals surface area contributed by atoms with Crippen molar-refractivity contribution in [3.63, 3.8) is 0 Å². The maximum atomic E-state index is 3.12. The van der Waals surface area contributed by atoms with Gasteiger partial charge in [0.25, 0.3) is 0 Å². The third kappa shape index (κ3) is 2.28. The molecule has 2 heteroatoms. The van der Waals surface area contributed by atoms with Crippen LogP contribution in [0.25, 0.3) is 0 Å². The van der Waals surface area contributed by atoms with Crippen LogP contribution < -0.4 is 5.32 Å². The second-order valence-electron chi connectivity index (χ2n) is 2.03. The van der Waals surface area contributed by atoms with Gasteiger partial charge in [-0.1, -0.05) is 6.17 Å². The van der Waals surface area contributed by atoms with Gasteiger partial charge in [0.15, 0.2) is 0 Å². The first-order chi connectivity index (χ1) is 3.72. The first kappa shape index (κ1) is 7.92. The molecule has 0 aliphatic heterocycles. The molecule has 0 radical (unpaired) electrons. The van der Waals surface area contributed by atoms with Crippen LogP contribution >= 0.6 is 0 Å². The van der Waals surface area contributed by atoms with Gasteiger partial charge in [-0.3, -0.25) is 0 Å². The Balaban J connectivity index is 3.35. The van der Waals surface area contributed by atoms with E-state index in [0.29, 0.717) is 6.17 Å². The quantitative estimate of drug-likeness (QED) is 0.421. The van der Waals surface area contributed by atoms with Gasteiger partial charge in [0, 0.05) is 0 Å². The summed E-state index contributed by atoms with van der Waals surface area (Å²) in [6.45, 7) is 2.04. The predicted octanol–water partition coefficient (Wildman–Crippen LogP) is 0.318. The summed E-state index contributed by atoms with van der Waals surface area (Å²) in [5, 5.41) is 3.12. The van der Waals surface area contributed by atoms with Crippen molar-refractivity contribution in [2.24, 2.45) is 0 Å². The van der Waals surface area contributed by atoms with Gasteiger partial charge in [-0.2, -0.15) is 6.92 Å². The molecule has 0 bridgehead atoms. The van der Waals surface area contributed by atoms with E-state index in [0.717, 1.165) is 0 Å². The van der Waals surface area contributed by atoms with Gasteiger partial charge >= 0.3 is 0 Å². The summed E-state index contributed by atoms with van der Waals surface area (Å²) in [4.78, 5) is 2.11. The first-order valence-corrected chi connectivity index (χ1v) is 2.85. The van der Waals surface area contributed by atoms with Crippen molar-refractivity contribution in [2.75, 3.05) is 21.1 Å². The van der Waals surface area contributed by atoms with E-state index in [1.165, 1.54) is 0 Å². The molecule has 0 aromatic carbocycles. The molecule has 0 aliphatic rings. The molecule has 0 heterocycles. The highest BCUT2D eigenvalue weighted by Crippen LogP contribution is 1.89. The number of hydrogen-bond donors (Lipinski definition) is 1. The van der Waals surface area contributed by atoms with E-state index in [9.17, 15) is 0 Å². The van der Waals surface area contributed by atoms with Crippen LogP contribution in [0, 0.1) is 6.42 Å². The van der Waals surface area contributed by atoms with Crippen molar-refractivity contribution in [3.05, 3.63) is 6.42 Å². The third-order valence-electron chi connectivity index (χ3n) is 1.17. The van der Waals surface area contributed by atoms with Crippen LogP contribution in [-0.4, -0.2) is 32.2 Å². The Bertz CT molecular complexity index is 48.5. The molecule has 0 saturated heterocycles. The molecule has 0 rings (SSSR count). The molecule has 0 aliphatic carbocycles. The minimum Gasteiger partial charge on any atom is -0.333 e. The fraction of sp³-hybridized carbons (Fsp3) is 0.833. The van der Waals surface area contributed by atoms with Crippen LogP contribution in [0.3, 0.4) is 0 Å². The molecule has 1 atom stereocenters. The van der Waals surface area contributed by atoms with Gasteiger partial charge in [0.1, 0.15) is 0 Å². The molecule has 1 N–H and O–H groups in total. The van der Waals surface area contributed by atoms with Gasteiger partial charge < -0.3 is 16.6 Å². The van der Waals surface area contributed by atoms with Crippen LogP contribution in [0.4, 0.5) is 0 Å². The Hall–Kier alpha value is -0.0800. The van der Waals surface area contributed by atoms with E-state index < -0.39 is 0 Å². The number of rotatable bonds is 3. The van der Waals surface area contributed by atoms with E-state index in [4.69, 9.17) is 0 Å². The molecule has 0 spiro atoms.